The second-order valence-corrected chi connectivity index (χ2v) is 7.54. The van der Waals surface area contributed by atoms with Crippen molar-refractivity contribution in [1.82, 2.24) is 14.8 Å². The molecule has 1 heterocycles. The van der Waals surface area contributed by atoms with E-state index in [1.165, 1.54) is 0 Å². The van der Waals surface area contributed by atoms with Crippen LogP contribution in [0.5, 0.6) is 5.75 Å². The second-order valence-electron chi connectivity index (χ2n) is 5.57. The number of aromatic nitrogens is 3. The van der Waals surface area contributed by atoms with Gasteiger partial charge in [-0.1, -0.05) is 45.9 Å². The third-order valence-electron chi connectivity index (χ3n) is 3.79. The summed E-state index contributed by atoms with van der Waals surface area (Å²) in [4.78, 5) is 12.2. The van der Waals surface area contributed by atoms with Gasteiger partial charge in [-0.25, -0.2) is 0 Å². The summed E-state index contributed by atoms with van der Waals surface area (Å²) in [7, 11) is 1.64. The fraction of sp³-hybridized carbons (Fsp3) is 0.211. The highest BCUT2D eigenvalue weighted by atomic mass is 79.9. The van der Waals surface area contributed by atoms with Crippen molar-refractivity contribution in [3.8, 4) is 11.4 Å². The summed E-state index contributed by atoms with van der Waals surface area (Å²) in [5.74, 6) is 1.74. The highest BCUT2D eigenvalue weighted by molar-refractivity contribution is 9.10. The average Bonchev–Trinajstić information content (AvgIpc) is 3.14. The van der Waals surface area contributed by atoms with Gasteiger partial charge in [-0.15, -0.1) is 10.2 Å². The number of thioether (sulfide) groups is 1. The van der Waals surface area contributed by atoms with Crippen molar-refractivity contribution in [2.75, 3.05) is 12.9 Å². The van der Waals surface area contributed by atoms with Gasteiger partial charge >= 0.3 is 0 Å². The van der Waals surface area contributed by atoms with Gasteiger partial charge in [0, 0.05) is 28.3 Å². The standard InChI is InChI=1S/C19H18BrN3O2S/c1-25-17-5-2-4-16(12-17)23-13-21-22-19(23)26-11-3-6-18(24)14-7-9-15(20)10-8-14/h2,4-5,7-10,12-13H,3,6,11H2,1H3. The average molecular weight is 432 g/mol. The van der Waals surface area contributed by atoms with Gasteiger partial charge in [-0.3, -0.25) is 9.36 Å². The van der Waals surface area contributed by atoms with E-state index in [2.05, 4.69) is 26.1 Å². The van der Waals surface area contributed by atoms with Crippen molar-refractivity contribution in [1.29, 1.82) is 0 Å². The highest BCUT2D eigenvalue weighted by Gasteiger charge is 2.09. The fourth-order valence-corrected chi connectivity index (χ4v) is 3.57. The fourth-order valence-electron chi connectivity index (χ4n) is 2.44. The first-order valence-corrected chi connectivity index (χ1v) is 9.91. The second kappa shape index (κ2) is 9.00. The number of rotatable bonds is 8. The molecule has 0 saturated carbocycles. The summed E-state index contributed by atoms with van der Waals surface area (Å²) in [6.07, 6.45) is 2.98. The van der Waals surface area contributed by atoms with E-state index in [9.17, 15) is 4.79 Å². The summed E-state index contributed by atoms with van der Waals surface area (Å²) in [5.41, 5.74) is 1.69. The van der Waals surface area contributed by atoms with Crippen LogP contribution in [0.25, 0.3) is 5.69 Å². The number of benzene rings is 2. The zero-order valence-electron chi connectivity index (χ0n) is 14.3. The van der Waals surface area contributed by atoms with Gasteiger partial charge in [0.05, 0.1) is 12.8 Å². The van der Waals surface area contributed by atoms with Gasteiger partial charge in [-0.05, 0) is 30.7 Å². The molecule has 0 aliphatic carbocycles. The Morgan fingerprint density at radius 2 is 2.04 bits per heavy atom. The highest BCUT2D eigenvalue weighted by Crippen LogP contribution is 2.23. The molecule has 7 heteroatoms. The lowest BCUT2D eigenvalue weighted by Gasteiger charge is -2.08. The van der Waals surface area contributed by atoms with Crippen LogP contribution in [0.15, 0.2) is 64.5 Å². The first-order chi connectivity index (χ1) is 12.7. The molecule has 2 aromatic carbocycles. The number of ketones is 1. The van der Waals surface area contributed by atoms with E-state index in [0.29, 0.717) is 6.42 Å². The Morgan fingerprint density at radius 3 is 2.81 bits per heavy atom. The zero-order chi connectivity index (χ0) is 18.4. The molecular weight excluding hydrogens is 414 g/mol. The molecule has 0 radical (unpaired) electrons. The smallest absolute Gasteiger partial charge is 0.195 e. The molecule has 134 valence electrons. The Labute approximate surface area is 164 Å². The van der Waals surface area contributed by atoms with Gasteiger partial charge in [0.15, 0.2) is 10.9 Å². The third-order valence-corrected chi connectivity index (χ3v) is 5.35. The molecule has 3 aromatic rings. The largest absolute Gasteiger partial charge is 0.497 e. The van der Waals surface area contributed by atoms with E-state index in [-0.39, 0.29) is 5.78 Å². The number of halogens is 1. The summed E-state index contributed by atoms with van der Waals surface area (Å²) in [6, 6.07) is 15.2. The van der Waals surface area contributed by atoms with Gasteiger partial charge in [0.25, 0.3) is 0 Å². The molecule has 0 amide bonds. The molecule has 0 saturated heterocycles. The minimum absolute atomic E-state index is 0.160. The molecule has 0 N–H and O–H groups in total. The summed E-state index contributed by atoms with van der Waals surface area (Å²) >= 11 is 4.97. The molecule has 0 aliphatic rings. The normalized spacial score (nSPS) is 10.7. The van der Waals surface area contributed by atoms with E-state index in [1.54, 1.807) is 25.2 Å². The van der Waals surface area contributed by atoms with Crippen molar-refractivity contribution >= 4 is 33.5 Å². The summed E-state index contributed by atoms with van der Waals surface area (Å²) in [6.45, 7) is 0. The topological polar surface area (TPSA) is 57.0 Å². The molecular formula is C19H18BrN3O2S. The van der Waals surface area contributed by atoms with Crippen LogP contribution in [0.4, 0.5) is 0 Å². The van der Waals surface area contributed by atoms with Gasteiger partial charge in [-0.2, -0.15) is 0 Å². The first kappa shape index (κ1) is 18.7. The maximum Gasteiger partial charge on any atom is 0.195 e. The maximum atomic E-state index is 12.2. The summed E-state index contributed by atoms with van der Waals surface area (Å²) in [5, 5.41) is 8.98. The van der Waals surface area contributed by atoms with Gasteiger partial charge < -0.3 is 4.74 Å². The van der Waals surface area contributed by atoms with Crippen LogP contribution in [0.2, 0.25) is 0 Å². The van der Waals surface area contributed by atoms with Crippen LogP contribution >= 0.6 is 27.7 Å². The molecule has 26 heavy (non-hydrogen) atoms. The quantitative estimate of drug-likeness (QED) is 0.291. The van der Waals surface area contributed by atoms with Crippen molar-refractivity contribution in [2.24, 2.45) is 0 Å². The van der Waals surface area contributed by atoms with Crippen molar-refractivity contribution in [3.63, 3.8) is 0 Å². The Bertz CT molecular complexity index is 881. The SMILES string of the molecule is COc1cccc(-n2cnnc2SCCCC(=O)c2ccc(Br)cc2)c1. The molecule has 0 aliphatic heterocycles. The number of nitrogens with zero attached hydrogens (tertiary/aromatic N) is 3. The number of methoxy groups -OCH3 is 1. The Kier molecular flexibility index (Phi) is 6.46. The van der Waals surface area contributed by atoms with Crippen molar-refractivity contribution < 1.29 is 9.53 Å². The minimum Gasteiger partial charge on any atom is -0.497 e. The van der Waals surface area contributed by atoms with Crippen LogP contribution in [-0.2, 0) is 0 Å². The van der Waals surface area contributed by atoms with Crippen molar-refractivity contribution in [2.45, 2.75) is 18.0 Å². The molecule has 5 nitrogen and oxygen atoms in total. The molecule has 0 bridgehead atoms. The minimum atomic E-state index is 0.160. The van der Waals surface area contributed by atoms with Gasteiger partial charge in [0.1, 0.15) is 12.1 Å². The van der Waals surface area contributed by atoms with Crippen LogP contribution in [0.3, 0.4) is 0 Å². The number of Topliss-reactive ketones (excluding diaryl/α,β-unsaturated/α-hetero) is 1. The monoisotopic (exact) mass is 431 g/mol. The van der Waals surface area contributed by atoms with Crippen LogP contribution in [-0.4, -0.2) is 33.4 Å². The Hall–Kier alpha value is -2.12. The van der Waals surface area contributed by atoms with E-state index in [1.807, 2.05) is 53.1 Å². The zero-order valence-corrected chi connectivity index (χ0v) is 16.7. The van der Waals surface area contributed by atoms with E-state index in [4.69, 9.17) is 4.74 Å². The van der Waals surface area contributed by atoms with E-state index in [0.717, 1.165) is 38.8 Å². The number of ether oxygens (including phenoxy) is 1. The lowest BCUT2D eigenvalue weighted by atomic mass is 10.1. The number of carbonyl (C=O) groups is 1. The molecule has 1 aromatic heterocycles. The Morgan fingerprint density at radius 1 is 1.23 bits per heavy atom. The van der Waals surface area contributed by atoms with Crippen molar-refractivity contribution in [3.05, 3.63) is 64.9 Å². The lowest BCUT2D eigenvalue weighted by Crippen LogP contribution is -2.00. The number of hydrogen-bond donors (Lipinski definition) is 0. The van der Waals surface area contributed by atoms with Crippen LogP contribution in [0, 0.1) is 0 Å². The van der Waals surface area contributed by atoms with E-state index < -0.39 is 0 Å². The molecule has 0 atom stereocenters. The first-order valence-electron chi connectivity index (χ1n) is 8.13. The van der Waals surface area contributed by atoms with Crippen LogP contribution < -0.4 is 4.74 Å². The predicted octanol–water partition coefficient (Wildman–Crippen LogP) is 4.79. The lowest BCUT2D eigenvalue weighted by molar-refractivity contribution is 0.0982. The maximum absolute atomic E-state index is 12.2. The van der Waals surface area contributed by atoms with E-state index >= 15 is 0 Å². The Balaban J connectivity index is 1.55. The van der Waals surface area contributed by atoms with Gasteiger partial charge in [0.2, 0.25) is 0 Å². The molecule has 0 unspecified atom stereocenters. The van der Waals surface area contributed by atoms with Crippen LogP contribution in [0.1, 0.15) is 23.2 Å². The number of carbonyl (C=O) groups excluding carboxylic acids is 1. The molecule has 0 fully saturated rings. The number of hydrogen-bond acceptors (Lipinski definition) is 5. The third kappa shape index (κ3) is 4.74. The molecule has 3 rings (SSSR count). The predicted molar refractivity (Wildman–Crippen MR) is 106 cm³/mol. The summed E-state index contributed by atoms with van der Waals surface area (Å²) < 4.78 is 8.16. The molecule has 0 spiro atoms.